The minimum absolute atomic E-state index is 0.00947. The SMILES string of the molecule is N[C@H](C1CCN(C(=O)C2COCCO2)CC1)C1CC(Cl)C(Cl)CC1O. The smallest absolute Gasteiger partial charge is 0.254 e. The molecule has 0 bridgehead atoms. The molecule has 3 rings (SSSR count). The van der Waals surface area contributed by atoms with Gasteiger partial charge in [-0.2, -0.15) is 0 Å². The van der Waals surface area contributed by atoms with Gasteiger partial charge >= 0.3 is 0 Å². The number of aliphatic hydroxyl groups is 1. The van der Waals surface area contributed by atoms with Crippen LogP contribution in [-0.2, 0) is 14.3 Å². The lowest BCUT2D eigenvalue weighted by Crippen LogP contribution is -2.53. The predicted molar refractivity (Wildman–Crippen MR) is 95.9 cm³/mol. The number of halogens is 2. The van der Waals surface area contributed by atoms with Crippen molar-refractivity contribution in [2.75, 3.05) is 32.9 Å². The maximum atomic E-state index is 12.5. The number of nitrogens with zero attached hydrogens (tertiary/aromatic N) is 1. The number of hydrogen-bond acceptors (Lipinski definition) is 5. The number of ether oxygens (including phenoxy) is 2. The first-order valence-electron chi connectivity index (χ1n) is 9.17. The van der Waals surface area contributed by atoms with E-state index in [2.05, 4.69) is 0 Å². The molecule has 3 fully saturated rings. The maximum absolute atomic E-state index is 12.5. The van der Waals surface area contributed by atoms with Crippen molar-refractivity contribution in [3.05, 3.63) is 0 Å². The molecular weight excluding hydrogens is 367 g/mol. The van der Waals surface area contributed by atoms with Crippen LogP contribution in [0.1, 0.15) is 25.7 Å². The van der Waals surface area contributed by atoms with Gasteiger partial charge in [0.15, 0.2) is 6.10 Å². The number of carbonyl (C=O) groups excluding carboxylic acids is 1. The van der Waals surface area contributed by atoms with Gasteiger partial charge in [0.1, 0.15) is 0 Å². The molecule has 3 aliphatic rings. The van der Waals surface area contributed by atoms with Crippen molar-refractivity contribution in [3.63, 3.8) is 0 Å². The first-order chi connectivity index (χ1) is 12.0. The predicted octanol–water partition coefficient (Wildman–Crippen LogP) is 0.953. The molecule has 8 heteroatoms. The fourth-order valence-electron chi connectivity index (χ4n) is 4.22. The summed E-state index contributed by atoms with van der Waals surface area (Å²) in [5.41, 5.74) is 6.48. The average molecular weight is 395 g/mol. The molecule has 3 N–H and O–H groups in total. The van der Waals surface area contributed by atoms with Crippen LogP contribution in [0.25, 0.3) is 0 Å². The highest BCUT2D eigenvalue weighted by molar-refractivity contribution is 6.30. The fourth-order valence-corrected chi connectivity index (χ4v) is 4.81. The van der Waals surface area contributed by atoms with Crippen LogP contribution in [0.4, 0.5) is 0 Å². The Hall–Kier alpha value is -0.110. The third-order valence-electron chi connectivity index (χ3n) is 5.83. The van der Waals surface area contributed by atoms with Crippen LogP contribution in [0.15, 0.2) is 0 Å². The molecule has 0 radical (unpaired) electrons. The van der Waals surface area contributed by atoms with Gasteiger partial charge in [-0.15, -0.1) is 23.2 Å². The minimum atomic E-state index is -0.500. The Bertz CT molecular complexity index is 456. The highest BCUT2D eigenvalue weighted by atomic mass is 35.5. The van der Waals surface area contributed by atoms with Crippen LogP contribution >= 0.6 is 23.2 Å². The lowest BCUT2D eigenvalue weighted by atomic mass is 9.74. The number of carbonyl (C=O) groups is 1. The van der Waals surface area contributed by atoms with Crippen molar-refractivity contribution < 1.29 is 19.4 Å². The summed E-state index contributed by atoms with van der Waals surface area (Å²) in [4.78, 5) is 14.3. The number of aliphatic hydroxyl groups excluding tert-OH is 1. The highest BCUT2D eigenvalue weighted by Crippen LogP contribution is 2.37. The van der Waals surface area contributed by atoms with Crippen molar-refractivity contribution in [1.29, 1.82) is 0 Å². The van der Waals surface area contributed by atoms with Gasteiger partial charge in [-0.1, -0.05) is 0 Å². The number of piperidine rings is 1. The van der Waals surface area contributed by atoms with E-state index in [0.29, 0.717) is 45.8 Å². The Labute approximate surface area is 158 Å². The molecular formula is C17H28Cl2N2O4. The molecule has 0 aromatic rings. The summed E-state index contributed by atoms with van der Waals surface area (Å²) in [5, 5.41) is 10.0. The van der Waals surface area contributed by atoms with Gasteiger partial charge in [0.25, 0.3) is 5.91 Å². The minimum Gasteiger partial charge on any atom is -0.393 e. The van der Waals surface area contributed by atoms with Gasteiger partial charge in [0.05, 0.1) is 36.7 Å². The summed E-state index contributed by atoms with van der Waals surface area (Å²) < 4.78 is 10.8. The van der Waals surface area contributed by atoms with Crippen LogP contribution in [0, 0.1) is 11.8 Å². The molecule has 25 heavy (non-hydrogen) atoms. The number of likely N-dealkylation sites (tertiary alicyclic amines) is 1. The van der Waals surface area contributed by atoms with E-state index in [1.807, 2.05) is 4.90 Å². The van der Waals surface area contributed by atoms with E-state index in [-0.39, 0.29) is 34.5 Å². The first kappa shape index (κ1) is 19.6. The Morgan fingerprint density at radius 1 is 1.16 bits per heavy atom. The summed E-state index contributed by atoms with van der Waals surface area (Å²) in [6, 6.07) is -0.119. The van der Waals surface area contributed by atoms with Crippen molar-refractivity contribution in [2.45, 2.75) is 54.7 Å². The highest BCUT2D eigenvalue weighted by Gasteiger charge is 2.41. The monoisotopic (exact) mass is 394 g/mol. The van der Waals surface area contributed by atoms with Crippen molar-refractivity contribution in [2.24, 2.45) is 17.6 Å². The summed E-state index contributed by atoms with van der Waals surface area (Å²) in [7, 11) is 0. The van der Waals surface area contributed by atoms with Crippen molar-refractivity contribution >= 4 is 29.1 Å². The second-order valence-electron chi connectivity index (χ2n) is 7.41. The zero-order chi connectivity index (χ0) is 18.0. The van der Waals surface area contributed by atoms with Gasteiger partial charge < -0.3 is 25.2 Å². The van der Waals surface area contributed by atoms with Crippen molar-refractivity contribution in [3.8, 4) is 0 Å². The molecule has 0 aromatic heterocycles. The van der Waals surface area contributed by atoms with E-state index in [1.165, 1.54) is 0 Å². The van der Waals surface area contributed by atoms with E-state index in [9.17, 15) is 9.90 Å². The molecule has 144 valence electrons. The third-order valence-corrected chi connectivity index (χ3v) is 6.93. The molecule has 2 saturated heterocycles. The summed E-state index contributed by atoms with van der Waals surface area (Å²) >= 11 is 12.4. The number of hydrogen-bond donors (Lipinski definition) is 2. The second-order valence-corrected chi connectivity index (χ2v) is 8.53. The number of rotatable bonds is 3. The lowest BCUT2D eigenvalue weighted by molar-refractivity contribution is -0.159. The molecule has 0 spiro atoms. The topological polar surface area (TPSA) is 85.0 Å². The molecule has 6 atom stereocenters. The molecule has 1 saturated carbocycles. The molecule has 2 heterocycles. The molecule has 2 aliphatic heterocycles. The maximum Gasteiger partial charge on any atom is 0.254 e. The molecule has 1 aliphatic carbocycles. The summed E-state index contributed by atoms with van der Waals surface area (Å²) in [6.45, 7) is 2.70. The number of amides is 1. The number of nitrogens with two attached hydrogens (primary N) is 1. The molecule has 1 amide bonds. The number of alkyl halides is 2. The van der Waals surface area contributed by atoms with Crippen molar-refractivity contribution in [1.82, 2.24) is 4.90 Å². The van der Waals surface area contributed by atoms with Crippen LogP contribution in [0.3, 0.4) is 0 Å². The van der Waals surface area contributed by atoms with Crippen LogP contribution in [0.5, 0.6) is 0 Å². The van der Waals surface area contributed by atoms with Gasteiger partial charge in [0, 0.05) is 25.0 Å². The van der Waals surface area contributed by atoms with Gasteiger partial charge in [0.2, 0.25) is 0 Å². The van der Waals surface area contributed by atoms with Gasteiger partial charge in [-0.05, 0) is 31.6 Å². The van der Waals surface area contributed by atoms with Crippen LogP contribution in [-0.4, -0.2) is 77.8 Å². The van der Waals surface area contributed by atoms with Gasteiger partial charge in [-0.3, -0.25) is 4.79 Å². The Kier molecular flexibility index (Phi) is 6.85. The quantitative estimate of drug-likeness (QED) is 0.696. The molecule has 6 nitrogen and oxygen atoms in total. The summed E-state index contributed by atoms with van der Waals surface area (Å²) in [5.74, 6) is 0.262. The fraction of sp³-hybridized carbons (Fsp3) is 0.941. The normalized spacial score (nSPS) is 39.2. The lowest BCUT2D eigenvalue weighted by Gasteiger charge is -2.43. The molecule has 0 aromatic carbocycles. The van der Waals surface area contributed by atoms with Crippen LogP contribution < -0.4 is 5.73 Å². The Morgan fingerprint density at radius 3 is 2.48 bits per heavy atom. The van der Waals surface area contributed by atoms with E-state index >= 15 is 0 Å². The van der Waals surface area contributed by atoms with E-state index in [1.54, 1.807) is 0 Å². The van der Waals surface area contributed by atoms with E-state index in [0.717, 1.165) is 12.8 Å². The van der Waals surface area contributed by atoms with Gasteiger partial charge in [-0.25, -0.2) is 0 Å². The Balaban J connectivity index is 1.50. The first-order valence-corrected chi connectivity index (χ1v) is 10.0. The molecule has 5 unspecified atom stereocenters. The van der Waals surface area contributed by atoms with E-state index < -0.39 is 12.2 Å². The zero-order valence-electron chi connectivity index (χ0n) is 14.4. The standard InChI is InChI=1S/C17H28Cl2N2O4/c18-12-7-11(14(22)8-13(12)19)16(20)10-1-3-21(4-2-10)17(23)15-9-24-5-6-25-15/h10-16,22H,1-9,20H2/t11?,12?,13?,14?,15?,16-/m1/s1. The third kappa shape index (κ3) is 4.60. The van der Waals surface area contributed by atoms with Crippen LogP contribution in [0.2, 0.25) is 0 Å². The van der Waals surface area contributed by atoms with E-state index in [4.69, 9.17) is 38.4 Å². The summed E-state index contributed by atoms with van der Waals surface area (Å²) in [6.07, 6.45) is 1.83. The second kappa shape index (κ2) is 8.72. The largest absolute Gasteiger partial charge is 0.393 e. The average Bonchev–Trinajstić information content (AvgIpc) is 2.64. The zero-order valence-corrected chi connectivity index (χ0v) is 15.9. The Morgan fingerprint density at radius 2 is 1.84 bits per heavy atom.